The highest BCUT2D eigenvalue weighted by atomic mass is 16.2. The van der Waals surface area contributed by atoms with Gasteiger partial charge in [-0.2, -0.15) is 5.10 Å². The summed E-state index contributed by atoms with van der Waals surface area (Å²) >= 11 is 0. The van der Waals surface area contributed by atoms with E-state index in [1.807, 2.05) is 18.2 Å². The largest absolute Gasteiger partial charge is 0.350 e. The summed E-state index contributed by atoms with van der Waals surface area (Å²) in [6, 6.07) is 8.45. The molecule has 0 aliphatic carbocycles. The van der Waals surface area contributed by atoms with Crippen molar-refractivity contribution in [2.75, 3.05) is 13.1 Å². The molecule has 1 amide bonds. The zero-order chi connectivity index (χ0) is 19.8. The van der Waals surface area contributed by atoms with Crippen molar-refractivity contribution in [1.29, 1.82) is 0 Å². The van der Waals surface area contributed by atoms with Gasteiger partial charge < -0.3 is 10.6 Å². The normalized spacial score (nSPS) is 22.7. The van der Waals surface area contributed by atoms with Gasteiger partial charge in [0.2, 0.25) is 5.91 Å². The van der Waals surface area contributed by atoms with Crippen LogP contribution in [0.3, 0.4) is 0 Å². The Morgan fingerprint density at radius 2 is 2.17 bits per heavy atom. The van der Waals surface area contributed by atoms with Gasteiger partial charge in [-0.3, -0.25) is 14.2 Å². The van der Waals surface area contributed by atoms with Crippen molar-refractivity contribution in [1.82, 2.24) is 34.9 Å². The molecule has 5 rings (SSSR count). The number of rotatable bonds is 4. The lowest BCUT2D eigenvalue weighted by Gasteiger charge is -2.42. The quantitative estimate of drug-likeness (QED) is 0.666. The van der Waals surface area contributed by atoms with Gasteiger partial charge in [0.15, 0.2) is 5.82 Å². The number of carbonyl (C=O) groups is 1. The number of fused-ring (bicyclic) bond motifs is 4. The van der Waals surface area contributed by atoms with Gasteiger partial charge in [0, 0.05) is 55.0 Å². The number of hydrogen-bond donors (Lipinski definition) is 2. The van der Waals surface area contributed by atoms with E-state index in [0.717, 1.165) is 30.8 Å². The molecule has 3 aromatic rings. The highest BCUT2D eigenvalue weighted by molar-refractivity contribution is 5.81. The van der Waals surface area contributed by atoms with Crippen LogP contribution in [-0.4, -0.2) is 43.3 Å². The van der Waals surface area contributed by atoms with Gasteiger partial charge in [0.25, 0.3) is 5.56 Å². The van der Waals surface area contributed by atoms with Crippen molar-refractivity contribution in [2.24, 2.45) is 5.92 Å². The molecule has 1 fully saturated rings. The topological polar surface area (TPSA) is 107 Å². The Morgan fingerprint density at radius 1 is 1.24 bits per heavy atom. The fraction of sp³-hybridized carbons (Fsp3) is 0.350. The summed E-state index contributed by atoms with van der Waals surface area (Å²) < 4.78 is 3.26. The number of amides is 1. The standard InChI is InChI=1S/C20H21N7O2/c28-17-5-1-4-16-14-7-15(9-21-8-14)18(27(16)17)20(29)24-10-13-3-2-6-23-19(13)26-12-22-11-25-26/h1-6,11-12,14-15,18,21H,7-10H2,(H,24,29)/t14-,15+,18-/m1/s1. The Hall–Kier alpha value is -3.33. The molecule has 5 heterocycles. The molecule has 0 unspecified atom stereocenters. The second kappa shape index (κ2) is 7.25. The van der Waals surface area contributed by atoms with E-state index in [4.69, 9.17) is 0 Å². The second-order valence-electron chi connectivity index (χ2n) is 7.50. The van der Waals surface area contributed by atoms with Crippen molar-refractivity contribution < 1.29 is 4.79 Å². The Bertz CT molecular complexity index is 1090. The summed E-state index contributed by atoms with van der Waals surface area (Å²) in [6.45, 7) is 1.86. The minimum atomic E-state index is -0.519. The number of piperidine rings is 1. The maximum Gasteiger partial charge on any atom is 0.251 e. The molecule has 9 heteroatoms. The number of hydrogen-bond acceptors (Lipinski definition) is 6. The first kappa shape index (κ1) is 17.7. The van der Waals surface area contributed by atoms with Gasteiger partial charge >= 0.3 is 0 Å². The molecule has 2 aliphatic heterocycles. The highest BCUT2D eigenvalue weighted by Crippen LogP contribution is 2.38. The number of pyridine rings is 2. The predicted molar refractivity (Wildman–Crippen MR) is 104 cm³/mol. The van der Waals surface area contributed by atoms with Crippen LogP contribution in [0.25, 0.3) is 5.82 Å². The van der Waals surface area contributed by atoms with Crippen LogP contribution < -0.4 is 16.2 Å². The molecule has 0 aromatic carbocycles. The third-order valence-electron chi connectivity index (χ3n) is 5.77. The van der Waals surface area contributed by atoms with Gasteiger partial charge in [-0.15, -0.1) is 0 Å². The molecule has 2 N–H and O–H groups in total. The Kier molecular flexibility index (Phi) is 4.44. The van der Waals surface area contributed by atoms with Crippen molar-refractivity contribution >= 4 is 5.91 Å². The lowest BCUT2D eigenvalue weighted by molar-refractivity contribution is -0.127. The van der Waals surface area contributed by atoms with E-state index in [1.165, 1.54) is 12.4 Å². The summed E-state index contributed by atoms with van der Waals surface area (Å²) in [5.41, 5.74) is 1.64. The first-order valence-electron chi connectivity index (χ1n) is 9.71. The minimum absolute atomic E-state index is 0.0880. The van der Waals surface area contributed by atoms with Crippen LogP contribution in [0.5, 0.6) is 0 Å². The van der Waals surface area contributed by atoms with E-state index in [2.05, 4.69) is 25.7 Å². The van der Waals surface area contributed by atoms with Gasteiger partial charge in [0.05, 0.1) is 0 Å². The molecule has 3 aromatic heterocycles. The lowest BCUT2D eigenvalue weighted by atomic mass is 9.79. The number of aromatic nitrogens is 5. The summed E-state index contributed by atoms with van der Waals surface area (Å²) in [7, 11) is 0. The molecule has 148 valence electrons. The zero-order valence-corrected chi connectivity index (χ0v) is 15.7. The average Bonchev–Trinajstić information content (AvgIpc) is 3.28. The summed E-state index contributed by atoms with van der Waals surface area (Å²) in [6.07, 6.45) is 5.59. The van der Waals surface area contributed by atoms with E-state index in [9.17, 15) is 9.59 Å². The van der Waals surface area contributed by atoms with Gasteiger partial charge in [0.1, 0.15) is 18.7 Å². The SMILES string of the molecule is O=C(NCc1cccnc1-n1cncn1)[C@H]1[C@@H]2CNC[C@@H](C2)c2cccc(=O)n21. The van der Waals surface area contributed by atoms with Crippen LogP contribution in [0.4, 0.5) is 0 Å². The van der Waals surface area contributed by atoms with Crippen molar-refractivity contribution in [3.8, 4) is 5.82 Å². The van der Waals surface area contributed by atoms with Crippen LogP contribution in [0.15, 0.2) is 54.0 Å². The Balaban J connectivity index is 1.43. The summed E-state index contributed by atoms with van der Waals surface area (Å²) in [5.74, 6) is 0.819. The van der Waals surface area contributed by atoms with Crippen LogP contribution in [0.1, 0.15) is 29.6 Å². The fourth-order valence-corrected chi connectivity index (χ4v) is 4.51. The average molecular weight is 391 g/mol. The van der Waals surface area contributed by atoms with Crippen molar-refractivity contribution in [3.63, 3.8) is 0 Å². The van der Waals surface area contributed by atoms with E-state index < -0.39 is 6.04 Å². The zero-order valence-electron chi connectivity index (χ0n) is 15.7. The van der Waals surface area contributed by atoms with Crippen LogP contribution >= 0.6 is 0 Å². The summed E-state index contributed by atoms with van der Waals surface area (Å²) in [5, 5.41) is 10.5. The van der Waals surface area contributed by atoms with E-state index in [0.29, 0.717) is 12.4 Å². The number of nitrogens with zero attached hydrogens (tertiary/aromatic N) is 5. The molecule has 2 bridgehead atoms. The number of carbonyl (C=O) groups excluding carboxylic acids is 1. The molecule has 0 spiro atoms. The van der Waals surface area contributed by atoms with E-state index in [-0.39, 0.29) is 23.3 Å². The molecular weight excluding hydrogens is 370 g/mol. The van der Waals surface area contributed by atoms with Crippen molar-refractivity contribution in [2.45, 2.75) is 24.9 Å². The van der Waals surface area contributed by atoms with Gasteiger partial charge in [-0.25, -0.2) is 14.6 Å². The molecule has 0 saturated carbocycles. The van der Waals surface area contributed by atoms with Crippen molar-refractivity contribution in [3.05, 3.63) is 70.8 Å². The lowest BCUT2D eigenvalue weighted by Crippen LogP contribution is -2.52. The first-order valence-corrected chi connectivity index (χ1v) is 9.71. The minimum Gasteiger partial charge on any atom is -0.350 e. The van der Waals surface area contributed by atoms with Crippen LogP contribution in [0, 0.1) is 5.92 Å². The number of nitrogens with one attached hydrogen (secondary N) is 2. The Morgan fingerprint density at radius 3 is 3.03 bits per heavy atom. The Labute approximate surface area is 166 Å². The molecular formula is C20H21N7O2. The summed E-state index contributed by atoms with van der Waals surface area (Å²) in [4.78, 5) is 34.2. The molecule has 9 nitrogen and oxygen atoms in total. The molecule has 1 saturated heterocycles. The van der Waals surface area contributed by atoms with Gasteiger partial charge in [-0.1, -0.05) is 12.1 Å². The highest BCUT2D eigenvalue weighted by Gasteiger charge is 2.41. The second-order valence-corrected chi connectivity index (χ2v) is 7.50. The van der Waals surface area contributed by atoms with Gasteiger partial charge in [-0.05, 0) is 18.6 Å². The molecule has 29 heavy (non-hydrogen) atoms. The monoisotopic (exact) mass is 391 g/mol. The van der Waals surface area contributed by atoms with Crippen LogP contribution in [0.2, 0.25) is 0 Å². The smallest absolute Gasteiger partial charge is 0.251 e. The first-order chi connectivity index (χ1) is 14.2. The third-order valence-corrected chi connectivity index (χ3v) is 5.77. The maximum atomic E-state index is 13.2. The van der Waals surface area contributed by atoms with Crippen LogP contribution in [-0.2, 0) is 11.3 Å². The molecule has 3 atom stereocenters. The third kappa shape index (κ3) is 3.13. The predicted octanol–water partition coefficient (Wildman–Crippen LogP) is 0.388. The maximum absolute atomic E-state index is 13.2. The molecule has 0 radical (unpaired) electrons. The van der Waals surface area contributed by atoms with E-state index >= 15 is 0 Å². The van der Waals surface area contributed by atoms with E-state index in [1.54, 1.807) is 27.8 Å². The fourth-order valence-electron chi connectivity index (χ4n) is 4.51. The molecule has 2 aliphatic rings.